The Bertz CT molecular complexity index is 1910. The first kappa shape index (κ1) is 44.2. The van der Waals surface area contributed by atoms with Gasteiger partial charge in [0.2, 0.25) is 5.91 Å². The largest absolute Gasteiger partial charge is 0.416 e. The van der Waals surface area contributed by atoms with Crippen molar-refractivity contribution in [3.63, 3.8) is 0 Å². The van der Waals surface area contributed by atoms with Crippen LogP contribution in [0.5, 0.6) is 0 Å². The van der Waals surface area contributed by atoms with Gasteiger partial charge in [-0.2, -0.15) is 26.3 Å². The standard InChI is InChI=1S/C42H47Cl2F6N3O5/c1-51(14-5-2-6-19-54)37(55)26-57-36-23-28-7-3-4-8-33(28)39(36)11-15-52(16-12-39)17-13-40(30-9-10-34(43)35(44)25-30)27-53(18-20-58-40)38(56)29-21-31(41(45,46)47)24-32(22-29)42(48,49)50/h3-4,7-10,21-22,24-25,36,54H,2,5-6,11-20,23,26-27H2,1H3/t36-,40-/m0/s1. The number of benzene rings is 3. The van der Waals surface area contributed by atoms with Crippen LogP contribution in [-0.4, -0.2) is 104 Å². The number of hydrogen-bond acceptors (Lipinski definition) is 6. The molecule has 0 radical (unpaired) electrons. The van der Waals surface area contributed by atoms with Gasteiger partial charge >= 0.3 is 12.4 Å². The van der Waals surface area contributed by atoms with Crippen LogP contribution in [0.2, 0.25) is 10.0 Å². The van der Waals surface area contributed by atoms with Crippen LogP contribution in [0.4, 0.5) is 26.3 Å². The lowest BCUT2D eigenvalue weighted by Gasteiger charge is -2.46. The van der Waals surface area contributed by atoms with E-state index in [4.69, 9.17) is 37.8 Å². The Morgan fingerprint density at radius 1 is 0.914 bits per heavy atom. The Morgan fingerprint density at radius 3 is 2.26 bits per heavy atom. The Balaban J connectivity index is 1.18. The van der Waals surface area contributed by atoms with Crippen molar-refractivity contribution in [2.45, 2.75) is 74.4 Å². The zero-order valence-electron chi connectivity index (χ0n) is 32.1. The quantitative estimate of drug-likeness (QED) is 0.138. The van der Waals surface area contributed by atoms with Crippen LogP contribution >= 0.6 is 23.2 Å². The number of amides is 2. The molecule has 2 heterocycles. The van der Waals surface area contributed by atoms with Gasteiger partial charge in [-0.1, -0.05) is 53.5 Å². The van der Waals surface area contributed by atoms with E-state index in [1.165, 1.54) is 16.0 Å². The number of piperidine rings is 1. The number of fused-ring (bicyclic) bond motifs is 2. The van der Waals surface area contributed by atoms with Crippen molar-refractivity contribution in [3.8, 4) is 0 Å². The van der Waals surface area contributed by atoms with Crippen molar-refractivity contribution >= 4 is 35.0 Å². The number of rotatable bonds is 13. The second-order valence-corrected chi connectivity index (χ2v) is 16.3. The highest BCUT2D eigenvalue weighted by Crippen LogP contribution is 2.48. The Labute approximate surface area is 344 Å². The fraction of sp³-hybridized carbons (Fsp3) is 0.524. The molecule has 2 amide bonds. The van der Waals surface area contributed by atoms with Gasteiger partial charge in [0.1, 0.15) is 12.2 Å². The lowest BCUT2D eigenvalue weighted by atomic mass is 9.72. The number of likely N-dealkylation sites (N-methyl/N-ethyl adjacent to an activating group) is 1. The van der Waals surface area contributed by atoms with Gasteiger partial charge in [0.05, 0.1) is 40.4 Å². The SMILES string of the molecule is CN(CCCCCO)C(=O)CO[C@H]1Cc2ccccc2C12CCN(CC[C@@]1(c3ccc(Cl)c(Cl)c3)CN(C(=O)c3cc(C(F)(F)F)cc(C(F)(F)F)c3)CCO1)CC2. The molecule has 0 unspecified atom stereocenters. The minimum atomic E-state index is -5.11. The molecule has 2 fully saturated rings. The van der Waals surface area contributed by atoms with E-state index in [2.05, 4.69) is 17.0 Å². The summed E-state index contributed by atoms with van der Waals surface area (Å²) in [6, 6.07) is 14.0. The maximum Gasteiger partial charge on any atom is 0.416 e. The Kier molecular flexibility index (Phi) is 13.8. The fourth-order valence-corrected chi connectivity index (χ4v) is 8.89. The third-order valence-electron chi connectivity index (χ3n) is 11.9. The third kappa shape index (κ3) is 9.79. The van der Waals surface area contributed by atoms with Crippen molar-refractivity contribution in [2.75, 3.05) is 66.1 Å². The number of hydrogen-bond donors (Lipinski definition) is 1. The lowest BCUT2D eigenvalue weighted by Crippen LogP contribution is -2.54. The maximum atomic E-state index is 13.8. The summed E-state index contributed by atoms with van der Waals surface area (Å²) in [6.45, 7) is 2.21. The van der Waals surface area contributed by atoms with E-state index in [-0.39, 0.29) is 66.4 Å². The van der Waals surface area contributed by atoms with Crippen LogP contribution in [-0.2, 0) is 44.1 Å². The van der Waals surface area contributed by atoms with E-state index < -0.39 is 40.6 Å². The summed E-state index contributed by atoms with van der Waals surface area (Å²) in [7, 11) is 1.76. The first-order valence-corrected chi connectivity index (χ1v) is 20.2. The number of nitrogens with zero attached hydrogens (tertiary/aromatic N) is 3. The predicted molar refractivity (Wildman–Crippen MR) is 207 cm³/mol. The number of halogens is 8. The van der Waals surface area contributed by atoms with E-state index in [9.17, 15) is 35.9 Å². The van der Waals surface area contributed by atoms with Gasteiger partial charge in [-0.3, -0.25) is 9.59 Å². The summed E-state index contributed by atoms with van der Waals surface area (Å²) in [5.41, 5.74) is -2.44. The van der Waals surface area contributed by atoms with Gasteiger partial charge in [-0.15, -0.1) is 0 Å². The zero-order valence-corrected chi connectivity index (χ0v) is 33.6. The second-order valence-electron chi connectivity index (χ2n) is 15.5. The summed E-state index contributed by atoms with van der Waals surface area (Å²) >= 11 is 12.7. The number of alkyl halides is 6. The number of carbonyl (C=O) groups excluding carboxylic acids is 2. The first-order valence-electron chi connectivity index (χ1n) is 19.4. The average molecular weight is 859 g/mol. The van der Waals surface area contributed by atoms with Crippen molar-refractivity contribution in [1.82, 2.24) is 14.7 Å². The highest BCUT2D eigenvalue weighted by Gasteiger charge is 2.50. The number of aliphatic hydroxyl groups excluding tert-OH is 1. The normalized spacial score (nSPS) is 21.0. The van der Waals surface area contributed by atoms with Crippen LogP contribution in [0, 0.1) is 0 Å². The molecule has 1 N–H and O–H groups in total. The molecule has 316 valence electrons. The van der Waals surface area contributed by atoms with Gasteiger partial charge in [0.25, 0.3) is 5.91 Å². The summed E-state index contributed by atoms with van der Waals surface area (Å²) in [6.07, 6.45) is -5.65. The monoisotopic (exact) mass is 857 g/mol. The predicted octanol–water partition coefficient (Wildman–Crippen LogP) is 8.39. The molecule has 0 bridgehead atoms. The van der Waals surface area contributed by atoms with E-state index >= 15 is 0 Å². The number of unbranched alkanes of at least 4 members (excludes halogenated alkanes) is 2. The zero-order chi connectivity index (χ0) is 41.9. The van der Waals surface area contributed by atoms with E-state index in [0.717, 1.165) is 25.7 Å². The third-order valence-corrected chi connectivity index (χ3v) is 12.6. The lowest BCUT2D eigenvalue weighted by molar-refractivity contribution is -0.143. The van der Waals surface area contributed by atoms with Gasteiger partial charge < -0.3 is 29.3 Å². The van der Waals surface area contributed by atoms with Crippen molar-refractivity contribution < 1.29 is 50.5 Å². The molecule has 8 nitrogen and oxygen atoms in total. The summed E-state index contributed by atoms with van der Waals surface area (Å²) < 4.78 is 95.2. The molecule has 1 aliphatic carbocycles. The molecule has 58 heavy (non-hydrogen) atoms. The molecular weight excluding hydrogens is 811 g/mol. The van der Waals surface area contributed by atoms with Crippen molar-refractivity contribution in [2.24, 2.45) is 0 Å². The number of morpholine rings is 1. The van der Waals surface area contributed by atoms with Crippen LogP contribution in [0.15, 0.2) is 60.7 Å². The number of carbonyl (C=O) groups is 2. The Hall–Kier alpha value is -3.40. The number of aliphatic hydroxyl groups is 1. The molecule has 0 saturated carbocycles. The summed E-state index contributed by atoms with van der Waals surface area (Å²) in [4.78, 5) is 32.0. The number of likely N-dealkylation sites (tertiary alicyclic amines) is 1. The molecular formula is C42H47Cl2F6N3O5. The smallest absolute Gasteiger partial charge is 0.396 e. The van der Waals surface area contributed by atoms with E-state index in [1.807, 2.05) is 12.1 Å². The molecule has 1 spiro atoms. The molecule has 6 rings (SSSR count). The second kappa shape index (κ2) is 18.1. The van der Waals surface area contributed by atoms with E-state index in [1.54, 1.807) is 30.1 Å². The summed E-state index contributed by atoms with van der Waals surface area (Å²) in [5, 5.41) is 9.55. The van der Waals surface area contributed by atoms with E-state index in [0.29, 0.717) is 63.1 Å². The molecule has 16 heteroatoms. The molecule has 3 aromatic carbocycles. The van der Waals surface area contributed by atoms with Gasteiger partial charge in [0, 0.05) is 44.3 Å². The maximum absolute atomic E-state index is 13.8. The molecule has 3 aromatic rings. The minimum absolute atomic E-state index is 0.000496. The first-order chi connectivity index (χ1) is 27.5. The molecule has 0 aromatic heterocycles. The topological polar surface area (TPSA) is 82.5 Å². The van der Waals surface area contributed by atoms with Crippen LogP contribution in [0.25, 0.3) is 0 Å². The Morgan fingerprint density at radius 2 is 1.60 bits per heavy atom. The van der Waals surface area contributed by atoms with Crippen LogP contribution in [0.1, 0.15) is 76.7 Å². The fourth-order valence-electron chi connectivity index (χ4n) is 8.59. The molecule has 3 aliphatic rings. The molecule has 2 saturated heterocycles. The average Bonchev–Trinajstić information content (AvgIpc) is 3.50. The number of ether oxygens (including phenoxy) is 2. The van der Waals surface area contributed by atoms with Crippen molar-refractivity contribution in [3.05, 3.63) is 104 Å². The minimum Gasteiger partial charge on any atom is -0.396 e. The molecule has 2 atom stereocenters. The highest BCUT2D eigenvalue weighted by molar-refractivity contribution is 6.42. The highest BCUT2D eigenvalue weighted by atomic mass is 35.5. The van der Waals surface area contributed by atoms with Gasteiger partial charge in [0.15, 0.2) is 0 Å². The van der Waals surface area contributed by atoms with Crippen LogP contribution < -0.4 is 0 Å². The van der Waals surface area contributed by atoms with Gasteiger partial charge in [-0.05, 0) is 105 Å². The molecule has 2 aliphatic heterocycles. The van der Waals surface area contributed by atoms with Crippen molar-refractivity contribution in [1.29, 1.82) is 0 Å². The van der Waals surface area contributed by atoms with Gasteiger partial charge in [-0.25, -0.2) is 0 Å². The van der Waals surface area contributed by atoms with Crippen LogP contribution in [0.3, 0.4) is 0 Å². The summed E-state index contributed by atoms with van der Waals surface area (Å²) in [5.74, 6) is -1.09.